The highest BCUT2D eigenvalue weighted by Crippen LogP contribution is 2.36. The molecule has 2 fully saturated rings. The maximum Gasteiger partial charge on any atom is 0.268 e. The van der Waals surface area contributed by atoms with Gasteiger partial charge in [-0.2, -0.15) is 0 Å². The van der Waals surface area contributed by atoms with Gasteiger partial charge in [-0.05, 0) is 75.2 Å². The van der Waals surface area contributed by atoms with E-state index in [0.29, 0.717) is 48.8 Å². The first kappa shape index (κ1) is 24.0. The summed E-state index contributed by atoms with van der Waals surface area (Å²) in [6.07, 6.45) is 8.36. The molecule has 35 heavy (non-hydrogen) atoms. The van der Waals surface area contributed by atoms with Crippen molar-refractivity contribution in [3.63, 3.8) is 0 Å². The second-order valence-corrected chi connectivity index (χ2v) is 11.5. The Balaban J connectivity index is 1.51. The largest absolute Gasteiger partial charge is 0.338 e. The van der Waals surface area contributed by atoms with Crippen molar-refractivity contribution in [1.29, 1.82) is 0 Å². The fourth-order valence-electron chi connectivity index (χ4n) is 6.14. The predicted molar refractivity (Wildman–Crippen MR) is 138 cm³/mol. The Hall–Kier alpha value is -2.73. The summed E-state index contributed by atoms with van der Waals surface area (Å²) in [4.78, 5) is 45.4. The van der Waals surface area contributed by atoms with Crippen LogP contribution in [-0.2, 0) is 6.42 Å². The van der Waals surface area contributed by atoms with Crippen molar-refractivity contribution in [2.24, 2.45) is 5.41 Å². The molecule has 1 aromatic carbocycles. The minimum absolute atomic E-state index is 0.00923. The number of carbonyl (C=O) groups is 2. The molecule has 3 aliphatic rings. The normalized spacial score (nSPS) is 21.1. The van der Waals surface area contributed by atoms with Crippen molar-refractivity contribution in [1.82, 2.24) is 14.4 Å². The van der Waals surface area contributed by atoms with Gasteiger partial charge in [0.25, 0.3) is 11.5 Å². The number of ketones is 1. The summed E-state index contributed by atoms with van der Waals surface area (Å²) >= 11 is 0. The average Bonchev–Trinajstić information content (AvgIpc) is 2.84. The Morgan fingerprint density at radius 1 is 0.914 bits per heavy atom. The van der Waals surface area contributed by atoms with E-state index in [4.69, 9.17) is 0 Å². The topological polar surface area (TPSA) is 62.6 Å². The number of pyridine rings is 1. The maximum absolute atomic E-state index is 13.9. The summed E-state index contributed by atoms with van der Waals surface area (Å²) in [5.74, 6) is -0.203. The number of Topliss-reactive ketones (excluding diaryl/α,β-unsaturated/α-hetero) is 1. The van der Waals surface area contributed by atoms with Crippen LogP contribution >= 0.6 is 0 Å². The molecule has 2 aliphatic heterocycles. The third-order valence-corrected chi connectivity index (χ3v) is 8.10. The van der Waals surface area contributed by atoms with E-state index in [0.717, 1.165) is 31.5 Å². The van der Waals surface area contributed by atoms with E-state index in [9.17, 15) is 14.4 Å². The number of nitrogens with zero attached hydrogens (tertiary/aromatic N) is 3. The smallest absolute Gasteiger partial charge is 0.268 e. The van der Waals surface area contributed by atoms with Gasteiger partial charge in [-0.3, -0.25) is 19.0 Å². The molecule has 0 saturated carbocycles. The monoisotopic (exact) mass is 475 g/mol. The highest BCUT2D eigenvalue weighted by molar-refractivity contribution is 6.04. The van der Waals surface area contributed by atoms with Crippen LogP contribution in [0.3, 0.4) is 0 Å². The second-order valence-electron chi connectivity index (χ2n) is 11.5. The van der Waals surface area contributed by atoms with Gasteiger partial charge in [0.15, 0.2) is 5.78 Å². The van der Waals surface area contributed by atoms with Crippen LogP contribution < -0.4 is 5.56 Å². The first-order chi connectivity index (χ1) is 16.7. The SMILES string of the molecule is Cc1ccc(-n2cc3c(c(C(=O)N4CCC(N5CCCCC5)CC4)c2=O)CC(C)(C)CC3=O)cc1. The Morgan fingerprint density at radius 3 is 2.23 bits per heavy atom. The summed E-state index contributed by atoms with van der Waals surface area (Å²) in [5, 5.41) is 0. The van der Waals surface area contributed by atoms with Crippen LogP contribution in [0.1, 0.15) is 84.2 Å². The molecule has 0 N–H and O–H groups in total. The van der Waals surface area contributed by atoms with Crippen LogP contribution in [0.15, 0.2) is 35.3 Å². The molecule has 0 bridgehead atoms. The van der Waals surface area contributed by atoms with E-state index in [-0.39, 0.29) is 28.2 Å². The minimum atomic E-state index is -0.318. The number of piperidine rings is 2. The third kappa shape index (κ3) is 4.73. The molecular formula is C29H37N3O3. The lowest BCUT2D eigenvalue weighted by molar-refractivity contribution is 0.0586. The van der Waals surface area contributed by atoms with Gasteiger partial charge in [-0.1, -0.05) is 38.0 Å². The molecule has 1 aromatic heterocycles. The summed E-state index contributed by atoms with van der Waals surface area (Å²) < 4.78 is 1.50. The summed E-state index contributed by atoms with van der Waals surface area (Å²) in [6, 6.07) is 8.16. The van der Waals surface area contributed by atoms with Crippen LogP contribution in [-0.4, -0.2) is 58.3 Å². The van der Waals surface area contributed by atoms with E-state index < -0.39 is 0 Å². The Labute approximate surface area is 207 Å². The Bertz CT molecular complexity index is 1180. The van der Waals surface area contributed by atoms with E-state index >= 15 is 0 Å². The molecule has 6 heteroatoms. The standard InChI is InChI=1S/C29H37N3O3/c1-20-7-9-22(10-8-20)32-19-24-23(17-29(2,3)18-25(24)33)26(28(32)35)27(34)31-15-11-21(12-16-31)30-13-5-4-6-14-30/h7-10,19,21H,4-6,11-18H2,1-3H3. The van der Waals surface area contributed by atoms with Gasteiger partial charge in [-0.15, -0.1) is 0 Å². The molecule has 1 aliphatic carbocycles. The van der Waals surface area contributed by atoms with E-state index in [1.54, 1.807) is 6.20 Å². The quantitative estimate of drug-likeness (QED) is 0.661. The lowest BCUT2D eigenvalue weighted by Gasteiger charge is -2.40. The molecule has 0 spiro atoms. The van der Waals surface area contributed by atoms with Gasteiger partial charge in [0, 0.05) is 43.0 Å². The first-order valence-electron chi connectivity index (χ1n) is 13.2. The molecule has 0 atom stereocenters. The molecule has 5 rings (SSSR count). The van der Waals surface area contributed by atoms with E-state index in [1.165, 1.54) is 23.8 Å². The van der Waals surface area contributed by atoms with E-state index in [2.05, 4.69) is 4.90 Å². The zero-order valence-electron chi connectivity index (χ0n) is 21.3. The summed E-state index contributed by atoms with van der Waals surface area (Å²) in [5.41, 5.74) is 2.54. The van der Waals surface area contributed by atoms with Crippen LogP contribution in [0.5, 0.6) is 0 Å². The van der Waals surface area contributed by atoms with Gasteiger partial charge >= 0.3 is 0 Å². The molecular weight excluding hydrogens is 438 g/mol. The van der Waals surface area contributed by atoms with Crippen molar-refractivity contribution in [3.05, 3.63) is 63.1 Å². The fraction of sp³-hybridized carbons (Fsp3) is 0.552. The zero-order chi connectivity index (χ0) is 24.7. The fourth-order valence-corrected chi connectivity index (χ4v) is 6.14. The van der Waals surface area contributed by atoms with Crippen molar-refractivity contribution < 1.29 is 9.59 Å². The zero-order valence-corrected chi connectivity index (χ0v) is 21.3. The Morgan fingerprint density at radius 2 is 1.57 bits per heavy atom. The molecule has 186 valence electrons. The number of aryl methyl sites for hydroxylation is 1. The van der Waals surface area contributed by atoms with Crippen LogP contribution in [0.25, 0.3) is 5.69 Å². The van der Waals surface area contributed by atoms with Crippen LogP contribution in [0.2, 0.25) is 0 Å². The molecule has 1 amide bonds. The number of amides is 1. The van der Waals surface area contributed by atoms with Crippen molar-refractivity contribution in [2.75, 3.05) is 26.2 Å². The number of rotatable bonds is 3. The number of likely N-dealkylation sites (tertiary alicyclic amines) is 2. The van der Waals surface area contributed by atoms with Gasteiger partial charge in [0.1, 0.15) is 5.56 Å². The number of aromatic nitrogens is 1. The Kier molecular flexibility index (Phi) is 6.43. The highest BCUT2D eigenvalue weighted by atomic mass is 16.2. The van der Waals surface area contributed by atoms with Gasteiger partial charge in [-0.25, -0.2) is 0 Å². The number of hydrogen-bond donors (Lipinski definition) is 0. The van der Waals surface area contributed by atoms with Crippen LogP contribution in [0.4, 0.5) is 0 Å². The molecule has 3 heterocycles. The molecule has 6 nitrogen and oxygen atoms in total. The highest BCUT2D eigenvalue weighted by Gasteiger charge is 2.38. The summed E-state index contributed by atoms with van der Waals surface area (Å²) in [6.45, 7) is 9.70. The van der Waals surface area contributed by atoms with Crippen molar-refractivity contribution in [2.45, 2.75) is 71.8 Å². The number of fused-ring (bicyclic) bond motifs is 1. The van der Waals surface area contributed by atoms with Crippen molar-refractivity contribution in [3.8, 4) is 5.69 Å². The lowest BCUT2D eigenvalue weighted by atomic mass is 9.73. The molecule has 2 aromatic rings. The van der Waals surface area contributed by atoms with Gasteiger partial charge in [0.2, 0.25) is 0 Å². The molecule has 0 radical (unpaired) electrons. The third-order valence-electron chi connectivity index (χ3n) is 8.10. The number of carbonyl (C=O) groups excluding carboxylic acids is 2. The molecule has 2 saturated heterocycles. The maximum atomic E-state index is 13.9. The average molecular weight is 476 g/mol. The second kappa shape index (κ2) is 9.38. The number of benzene rings is 1. The number of hydrogen-bond acceptors (Lipinski definition) is 4. The van der Waals surface area contributed by atoms with Gasteiger partial charge < -0.3 is 9.80 Å². The summed E-state index contributed by atoms with van der Waals surface area (Å²) in [7, 11) is 0. The first-order valence-corrected chi connectivity index (χ1v) is 13.2. The molecule has 0 unspecified atom stereocenters. The van der Waals surface area contributed by atoms with Crippen molar-refractivity contribution >= 4 is 11.7 Å². The van der Waals surface area contributed by atoms with Gasteiger partial charge in [0.05, 0.1) is 0 Å². The lowest BCUT2D eigenvalue weighted by Crippen LogP contribution is -2.49. The van der Waals surface area contributed by atoms with Crippen LogP contribution in [0, 0.1) is 12.3 Å². The van der Waals surface area contributed by atoms with E-state index in [1.807, 2.05) is 49.9 Å². The predicted octanol–water partition coefficient (Wildman–Crippen LogP) is 4.39. The minimum Gasteiger partial charge on any atom is -0.338 e.